The number of carbonyl (C=O) groups excluding carboxylic acids is 7. The number of carbonyl (C=O) groups is 8. The van der Waals surface area contributed by atoms with E-state index < -0.39 is 115 Å². The van der Waals surface area contributed by atoms with Gasteiger partial charge in [0.15, 0.2) is 5.96 Å². The number of aliphatic carboxylic acids is 1. The maximum Gasteiger partial charge on any atom is 0.322 e. The third-order valence-electron chi connectivity index (χ3n) is 7.96. The van der Waals surface area contributed by atoms with E-state index in [9.17, 15) is 58.8 Å². The smallest absolute Gasteiger partial charge is 0.322 e. The second kappa shape index (κ2) is 24.4. The number of phenols is 1. The van der Waals surface area contributed by atoms with Crippen molar-refractivity contribution in [2.45, 2.75) is 88.4 Å². The van der Waals surface area contributed by atoms with Gasteiger partial charge in [-0.1, -0.05) is 12.1 Å². The standard InChI is InChI=1S/C33H53N11O13/c1-15(26(51)38-12-24(49)50)39-27(52)16(2)40-30(55)22(13-45)44-31(56)23(14-46)43-28(53)20(5-4-10-37-33(35)36)41-29(54)21(42-32(57)25(34)17(3)47)11-18-6-8-19(48)9-7-18/h6-9,15-17,20-23,25,45-48H,4-5,10-14,34H2,1-3H3,(H,38,51)(H,39,52)(H,40,55)(H,41,54)(H,42,57)(H,43,53)(H,44,56)(H,49,50)(H4,35,36,37)/t15-,16-,17+,20-,21-,22-,23-,25-/m0/s1. The molecule has 0 heterocycles. The summed E-state index contributed by atoms with van der Waals surface area (Å²) in [7, 11) is 0. The van der Waals surface area contributed by atoms with E-state index in [1.165, 1.54) is 45.0 Å². The molecule has 0 saturated carbocycles. The molecule has 7 amide bonds. The minimum absolute atomic E-state index is 0.00336. The van der Waals surface area contributed by atoms with Crippen molar-refractivity contribution < 1.29 is 63.9 Å². The Hall–Kier alpha value is -6.11. The third kappa shape index (κ3) is 17.9. The number of aliphatic hydroxyl groups excluding tert-OH is 3. The Labute approximate surface area is 326 Å². The van der Waals surface area contributed by atoms with Crippen molar-refractivity contribution in [1.82, 2.24) is 37.2 Å². The Morgan fingerprint density at radius 2 is 1.12 bits per heavy atom. The first kappa shape index (κ1) is 48.9. The van der Waals surface area contributed by atoms with Gasteiger partial charge in [-0.15, -0.1) is 0 Å². The molecule has 0 fully saturated rings. The van der Waals surface area contributed by atoms with E-state index in [0.29, 0.717) is 5.56 Å². The molecule has 8 atom stereocenters. The number of amides is 7. The van der Waals surface area contributed by atoms with E-state index in [2.05, 4.69) is 42.2 Å². The molecule has 18 N–H and O–H groups in total. The van der Waals surface area contributed by atoms with E-state index in [1.807, 2.05) is 0 Å². The van der Waals surface area contributed by atoms with Crippen LogP contribution in [-0.4, -0.2) is 154 Å². The number of aromatic hydroxyl groups is 1. The molecule has 318 valence electrons. The molecule has 0 spiro atoms. The topological polar surface area (TPSA) is 412 Å². The lowest BCUT2D eigenvalue weighted by Crippen LogP contribution is -2.61. The molecule has 24 heteroatoms. The Morgan fingerprint density at radius 3 is 1.63 bits per heavy atom. The van der Waals surface area contributed by atoms with Crippen LogP contribution in [0, 0.1) is 0 Å². The van der Waals surface area contributed by atoms with E-state index in [0.717, 1.165) is 0 Å². The van der Waals surface area contributed by atoms with Crippen molar-refractivity contribution in [2.75, 3.05) is 26.3 Å². The highest BCUT2D eigenvalue weighted by atomic mass is 16.4. The van der Waals surface area contributed by atoms with Gasteiger partial charge in [-0.25, -0.2) is 0 Å². The number of phenolic OH excluding ortho intramolecular Hbond substituents is 1. The number of benzene rings is 1. The predicted octanol–water partition coefficient (Wildman–Crippen LogP) is -7.17. The molecule has 1 rings (SSSR count). The number of carboxylic acid groups (broad SMARTS) is 1. The number of carboxylic acids is 1. The van der Waals surface area contributed by atoms with Crippen molar-refractivity contribution in [2.24, 2.45) is 22.2 Å². The molecular weight excluding hydrogens is 758 g/mol. The fourth-order valence-corrected chi connectivity index (χ4v) is 4.64. The Bertz CT molecular complexity index is 1590. The van der Waals surface area contributed by atoms with Crippen molar-refractivity contribution >= 4 is 53.3 Å². The summed E-state index contributed by atoms with van der Waals surface area (Å²) in [5.41, 5.74) is 17.0. The molecule has 0 aromatic heterocycles. The number of aliphatic hydroxyl groups is 3. The van der Waals surface area contributed by atoms with Crippen LogP contribution in [0.15, 0.2) is 29.3 Å². The predicted molar refractivity (Wildman–Crippen MR) is 199 cm³/mol. The number of aliphatic imine (C=N–C) groups is 1. The van der Waals surface area contributed by atoms with Crippen LogP contribution in [0.2, 0.25) is 0 Å². The van der Waals surface area contributed by atoms with Crippen LogP contribution in [0.25, 0.3) is 0 Å². The van der Waals surface area contributed by atoms with Crippen LogP contribution < -0.4 is 54.4 Å². The lowest BCUT2D eigenvalue weighted by Gasteiger charge is -2.26. The number of guanidine groups is 1. The molecule has 1 aromatic rings. The first-order valence-corrected chi connectivity index (χ1v) is 17.5. The highest BCUT2D eigenvalue weighted by Crippen LogP contribution is 2.12. The van der Waals surface area contributed by atoms with Gasteiger partial charge >= 0.3 is 5.97 Å². The lowest BCUT2D eigenvalue weighted by molar-refractivity contribution is -0.138. The van der Waals surface area contributed by atoms with Crippen LogP contribution in [0.3, 0.4) is 0 Å². The number of nitrogens with two attached hydrogens (primary N) is 3. The van der Waals surface area contributed by atoms with Gasteiger partial charge in [0.05, 0.1) is 19.3 Å². The fraction of sp³-hybridized carbons (Fsp3) is 0.545. The van der Waals surface area contributed by atoms with Crippen LogP contribution in [-0.2, 0) is 44.8 Å². The first-order chi connectivity index (χ1) is 26.7. The quantitative estimate of drug-likeness (QED) is 0.0262. The number of rotatable bonds is 24. The highest BCUT2D eigenvalue weighted by molar-refractivity contribution is 5.97. The highest BCUT2D eigenvalue weighted by Gasteiger charge is 2.33. The zero-order valence-electron chi connectivity index (χ0n) is 31.6. The molecule has 0 aliphatic rings. The maximum absolute atomic E-state index is 13.6. The molecule has 1 aromatic carbocycles. The van der Waals surface area contributed by atoms with Crippen LogP contribution >= 0.6 is 0 Å². The molecule has 0 saturated heterocycles. The molecule has 0 aliphatic heterocycles. The van der Waals surface area contributed by atoms with Gasteiger partial charge in [-0.05, 0) is 51.3 Å². The lowest BCUT2D eigenvalue weighted by atomic mass is 10.0. The SMILES string of the molecule is C[C@H](NC(=O)[C@H](C)NC(=O)[C@H](CO)NC(=O)[C@H](CO)NC(=O)[C@H](CCCN=C(N)N)NC(=O)[C@H](Cc1ccc(O)cc1)NC(=O)[C@@H](N)[C@@H](C)O)C(=O)NCC(=O)O. The Morgan fingerprint density at radius 1 is 0.667 bits per heavy atom. The normalized spacial score (nSPS) is 15.0. The van der Waals surface area contributed by atoms with E-state index in [4.69, 9.17) is 22.3 Å². The second-order valence-electron chi connectivity index (χ2n) is 12.8. The summed E-state index contributed by atoms with van der Waals surface area (Å²) in [5.74, 6) is -8.43. The minimum atomic E-state index is -1.76. The zero-order valence-corrected chi connectivity index (χ0v) is 31.6. The number of hydrogen-bond donors (Lipinski definition) is 15. The van der Waals surface area contributed by atoms with Crippen LogP contribution in [0.4, 0.5) is 0 Å². The van der Waals surface area contributed by atoms with E-state index >= 15 is 0 Å². The van der Waals surface area contributed by atoms with E-state index in [1.54, 1.807) is 0 Å². The Kier molecular flexibility index (Phi) is 20.9. The van der Waals surface area contributed by atoms with Gasteiger partial charge in [-0.2, -0.15) is 0 Å². The summed E-state index contributed by atoms with van der Waals surface area (Å²) in [5, 5.41) is 63.8. The number of nitrogens with one attached hydrogen (secondary N) is 7. The monoisotopic (exact) mass is 811 g/mol. The molecule has 0 unspecified atom stereocenters. The van der Waals surface area contributed by atoms with Gasteiger partial charge in [0.1, 0.15) is 54.6 Å². The number of hydrogen-bond acceptors (Lipinski definition) is 14. The van der Waals surface area contributed by atoms with Crippen molar-refractivity contribution in [1.29, 1.82) is 0 Å². The second-order valence-corrected chi connectivity index (χ2v) is 12.8. The molecule has 0 bridgehead atoms. The van der Waals surface area contributed by atoms with Crippen molar-refractivity contribution in [3.63, 3.8) is 0 Å². The van der Waals surface area contributed by atoms with Crippen LogP contribution in [0.5, 0.6) is 5.75 Å². The van der Waals surface area contributed by atoms with Crippen molar-refractivity contribution in [3.05, 3.63) is 29.8 Å². The van der Waals surface area contributed by atoms with Gasteiger partial charge < -0.3 is 80.0 Å². The summed E-state index contributed by atoms with van der Waals surface area (Å²) in [6, 6.07) is -4.66. The zero-order chi connectivity index (χ0) is 43.4. The molecule has 0 aliphatic carbocycles. The molecule has 0 radical (unpaired) electrons. The van der Waals surface area contributed by atoms with Crippen molar-refractivity contribution in [3.8, 4) is 5.75 Å². The average molecular weight is 812 g/mol. The number of nitrogens with zero attached hydrogens (tertiary/aromatic N) is 1. The minimum Gasteiger partial charge on any atom is -0.508 e. The Balaban J connectivity index is 3.14. The largest absolute Gasteiger partial charge is 0.508 e. The fourth-order valence-electron chi connectivity index (χ4n) is 4.64. The van der Waals surface area contributed by atoms with Crippen LogP contribution in [0.1, 0.15) is 39.2 Å². The summed E-state index contributed by atoms with van der Waals surface area (Å²) >= 11 is 0. The first-order valence-electron chi connectivity index (χ1n) is 17.5. The third-order valence-corrected chi connectivity index (χ3v) is 7.96. The molecule has 57 heavy (non-hydrogen) atoms. The summed E-state index contributed by atoms with van der Waals surface area (Å²) in [6.45, 7) is 0.989. The van der Waals surface area contributed by atoms with Gasteiger partial charge in [0.2, 0.25) is 41.4 Å². The summed E-state index contributed by atoms with van der Waals surface area (Å²) in [6.07, 6.45) is -1.51. The maximum atomic E-state index is 13.6. The van der Waals surface area contributed by atoms with E-state index in [-0.39, 0.29) is 37.5 Å². The summed E-state index contributed by atoms with van der Waals surface area (Å²) in [4.78, 5) is 105. The van der Waals surface area contributed by atoms with Gasteiger partial charge in [0, 0.05) is 13.0 Å². The summed E-state index contributed by atoms with van der Waals surface area (Å²) < 4.78 is 0. The van der Waals surface area contributed by atoms with Gasteiger partial charge in [-0.3, -0.25) is 43.3 Å². The van der Waals surface area contributed by atoms with Gasteiger partial charge in [0.25, 0.3) is 0 Å². The molecular formula is C33H53N11O13. The average Bonchev–Trinajstić information content (AvgIpc) is 3.15. The molecule has 24 nitrogen and oxygen atoms in total.